The van der Waals surface area contributed by atoms with Gasteiger partial charge in [-0.15, -0.1) is 0 Å². The normalized spacial score (nSPS) is 13.9. The summed E-state index contributed by atoms with van der Waals surface area (Å²) in [5, 5.41) is 0. The molecule has 0 bridgehead atoms. The molecule has 1 atom stereocenters. The maximum atomic E-state index is 5.76. The Labute approximate surface area is 172 Å². The van der Waals surface area contributed by atoms with Crippen LogP contribution in [0.25, 0.3) is 0 Å². The summed E-state index contributed by atoms with van der Waals surface area (Å²) >= 11 is 0. The van der Waals surface area contributed by atoms with Crippen molar-refractivity contribution in [3.8, 4) is 0 Å². The maximum absolute atomic E-state index is 5.76. The van der Waals surface area contributed by atoms with Gasteiger partial charge in [-0.05, 0) is 19.3 Å². The lowest BCUT2D eigenvalue weighted by molar-refractivity contribution is -0.846. The molecule has 1 unspecified atom stereocenters. The topological polar surface area (TPSA) is 27.7 Å². The summed E-state index contributed by atoms with van der Waals surface area (Å²) in [6.45, 7) is 4.55. The van der Waals surface area contributed by atoms with Crippen molar-refractivity contribution in [3.05, 3.63) is 0 Å². The van der Waals surface area contributed by atoms with Crippen molar-refractivity contribution in [2.45, 2.75) is 110 Å². The molecule has 0 heterocycles. The van der Waals surface area contributed by atoms with E-state index in [-0.39, 0.29) is 0 Å². The second-order valence-electron chi connectivity index (χ2n) is 8.42. The van der Waals surface area contributed by atoms with Crippen molar-refractivity contribution in [1.82, 2.24) is 0 Å². The molecule has 0 aliphatic carbocycles. The first-order valence-corrected chi connectivity index (χ1v) is 13.1. The molecule has 0 radical (unpaired) electrons. The van der Waals surface area contributed by atoms with Crippen molar-refractivity contribution < 1.29 is 17.4 Å². The second kappa shape index (κ2) is 15.9. The molecule has 4 nitrogen and oxygen atoms in total. The van der Waals surface area contributed by atoms with E-state index in [1.54, 1.807) is 21.3 Å². The molecule has 0 aliphatic heterocycles. The van der Waals surface area contributed by atoms with Crippen LogP contribution >= 0.6 is 0 Å². The van der Waals surface area contributed by atoms with E-state index in [9.17, 15) is 0 Å². The van der Waals surface area contributed by atoms with Crippen LogP contribution in [0.5, 0.6) is 0 Å². The van der Waals surface area contributed by atoms with Crippen LogP contribution in [0.4, 0.5) is 0 Å². The van der Waals surface area contributed by atoms with Crippen molar-refractivity contribution in [2.24, 2.45) is 0 Å². The molecule has 0 aromatic heterocycles. The fraction of sp³-hybridized carbons (Fsp3) is 1.00. The van der Waals surface area contributed by atoms with Crippen LogP contribution < -0.4 is 0 Å². The zero-order valence-electron chi connectivity index (χ0n) is 19.6. The first kappa shape index (κ1) is 27.1. The summed E-state index contributed by atoms with van der Waals surface area (Å²) in [5.74, 6) is 0. The Kier molecular flexibility index (Phi) is 16.0. The van der Waals surface area contributed by atoms with E-state index in [0.29, 0.717) is 10.2 Å². The van der Waals surface area contributed by atoms with Crippen molar-refractivity contribution >= 4 is 8.97 Å². The summed E-state index contributed by atoms with van der Waals surface area (Å²) in [4.78, 5) is 0. The second-order valence-corrected chi connectivity index (χ2v) is 11.8. The highest BCUT2D eigenvalue weighted by Gasteiger charge is 2.62. The Morgan fingerprint density at radius 3 is 1.33 bits per heavy atom. The highest BCUT2D eigenvalue weighted by atomic mass is 28.4. The number of nitrogens with zero attached hydrogens (tertiary/aromatic N) is 1. The molecule has 0 amide bonds. The van der Waals surface area contributed by atoms with Crippen LogP contribution in [0.15, 0.2) is 0 Å². The SMILES string of the molecule is CCCCCCCCCCCCCCC(CC)[N+](C)(C)[Si](OC)(OC)OC. The third kappa shape index (κ3) is 9.40. The number of quaternary nitrogens is 1. The largest absolute Gasteiger partial charge is 0.783 e. The minimum absolute atomic E-state index is 0.514. The average molecular weight is 405 g/mol. The number of hydrogen-bond acceptors (Lipinski definition) is 3. The third-order valence-electron chi connectivity index (χ3n) is 6.25. The van der Waals surface area contributed by atoms with Gasteiger partial charge in [0.25, 0.3) is 0 Å². The molecule has 5 heteroatoms. The van der Waals surface area contributed by atoms with Gasteiger partial charge in [-0.2, -0.15) is 0 Å². The molecular weight excluding hydrogens is 354 g/mol. The summed E-state index contributed by atoms with van der Waals surface area (Å²) < 4.78 is 18.0. The quantitative estimate of drug-likeness (QED) is 0.186. The highest BCUT2D eigenvalue weighted by Crippen LogP contribution is 2.27. The number of hydrogen-bond donors (Lipinski definition) is 0. The fourth-order valence-corrected chi connectivity index (χ4v) is 7.05. The van der Waals surface area contributed by atoms with Gasteiger partial charge in [0.05, 0.1) is 20.1 Å². The van der Waals surface area contributed by atoms with E-state index >= 15 is 0 Å². The van der Waals surface area contributed by atoms with Gasteiger partial charge in [0.15, 0.2) is 0 Å². The van der Waals surface area contributed by atoms with Gasteiger partial charge in [0, 0.05) is 21.3 Å². The first-order valence-electron chi connectivity index (χ1n) is 11.4. The van der Waals surface area contributed by atoms with E-state index in [0.717, 1.165) is 6.42 Å². The van der Waals surface area contributed by atoms with Gasteiger partial charge in [0.1, 0.15) is 0 Å². The molecule has 0 rings (SSSR count). The first-order chi connectivity index (χ1) is 13.0. The molecule has 0 aliphatic rings. The highest BCUT2D eigenvalue weighted by molar-refractivity contribution is 6.52. The minimum Gasteiger partial charge on any atom is -0.328 e. The molecule has 164 valence electrons. The van der Waals surface area contributed by atoms with Crippen LogP contribution in [0.1, 0.15) is 104 Å². The summed E-state index contributed by atoms with van der Waals surface area (Å²) in [6.07, 6.45) is 19.1. The summed E-state index contributed by atoms with van der Waals surface area (Å²) in [6, 6.07) is 0.514. The van der Waals surface area contributed by atoms with Gasteiger partial charge < -0.3 is 17.4 Å². The molecule has 0 N–H and O–H groups in total. The Balaban J connectivity index is 3.97. The predicted octanol–water partition coefficient (Wildman–Crippen LogP) is 6.31. The number of rotatable bonds is 19. The van der Waals surface area contributed by atoms with E-state index < -0.39 is 8.97 Å². The van der Waals surface area contributed by atoms with Gasteiger partial charge in [0.2, 0.25) is 0 Å². The monoisotopic (exact) mass is 404 g/mol. The van der Waals surface area contributed by atoms with Gasteiger partial charge in [-0.1, -0.05) is 84.5 Å². The average Bonchev–Trinajstić information content (AvgIpc) is 2.67. The molecule has 0 fully saturated rings. The van der Waals surface area contributed by atoms with Gasteiger partial charge in [-0.25, -0.2) is 0 Å². The minimum atomic E-state index is -2.69. The van der Waals surface area contributed by atoms with Crippen LogP contribution in [-0.4, -0.2) is 54.6 Å². The smallest absolute Gasteiger partial charge is 0.328 e. The van der Waals surface area contributed by atoms with E-state index in [2.05, 4.69) is 27.9 Å². The zero-order chi connectivity index (χ0) is 20.6. The van der Waals surface area contributed by atoms with Crippen LogP contribution in [-0.2, 0) is 13.3 Å². The predicted molar refractivity (Wildman–Crippen MR) is 119 cm³/mol. The molecule has 0 spiro atoms. The van der Waals surface area contributed by atoms with Crippen LogP contribution in [0.2, 0.25) is 0 Å². The standard InChI is InChI=1S/C22H50NO3Si/c1-8-10-11-12-13-14-15-16-17-18-19-20-21-22(9-2)23(3,4)27(24-5,25-6)26-7/h22H,8-21H2,1-7H3/q+1. The van der Waals surface area contributed by atoms with E-state index in [1.807, 2.05) is 0 Å². The van der Waals surface area contributed by atoms with E-state index in [1.165, 1.54) is 83.5 Å². The van der Waals surface area contributed by atoms with Crippen LogP contribution in [0.3, 0.4) is 0 Å². The van der Waals surface area contributed by atoms with Crippen molar-refractivity contribution in [3.63, 3.8) is 0 Å². The number of unbranched alkanes of at least 4 members (excludes halogenated alkanes) is 11. The Hall–Kier alpha value is 0.0569. The Bertz CT molecular complexity index is 327. The molecule has 0 aromatic rings. The van der Waals surface area contributed by atoms with Gasteiger partial charge in [-0.3, -0.25) is 0 Å². The summed E-state index contributed by atoms with van der Waals surface area (Å²) in [7, 11) is 6.87. The van der Waals surface area contributed by atoms with Crippen molar-refractivity contribution in [1.29, 1.82) is 0 Å². The zero-order valence-corrected chi connectivity index (χ0v) is 20.6. The van der Waals surface area contributed by atoms with Crippen LogP contribution in [0, 0.1) is 0 Å². The fourth-order valence-electron chi connectivity index (χ4n) is 4.38. The van der Waals surface area contributed by atoms with Gasteiger partial charge >= 0.3 is 8.97 Å². The summed E-state index contributed by atoms with van der Waals surface area (Å²) in [5.41, 5.74) is 0. The Morgan fingerprint density at radius 2 is 1.00 bits per heavy atom. The molecule has 0 saturated carbocycles. The van der Waals surface area contributed by atoms with Crippen molar-refractivity contribution in [2.75, 3.05) is 35.4 Å². The Morgan fingerprint density at radius 1 is 0.630 bits per heavy atom. The van der Waals surface area contributed by atoms with E-state index in [4.69, 9.17) is 13.3 Å². The molecular formula is C22H50NO3Si+. The molecule has 27 heavy (non-hydrogen) atoms. The molecule has 0 saturated heterocycles. The molecule has 0 aromatic carbocycles. The lowest BCUT2D eigenvalue weighted by Gasteiger charge is -2.45. The lowest BCUT2D eigenvalue weighted by Crippen LogP contribution is -2.72. The lowest BCUT2D eigenvalue weighted by atomic mass is 10.0. The maximum Gasteiger partial charge on any atom is 0.783 e. The third-order valence-corrected chi connectivity index (χ3v) is 9.58.